The van der Waals surface area contributed by atoms with Crippen molar-refractivity contribution in [3.8, 4) is 0 Å². The highest BCUT2D eigenvalue weighted by Crippen LogP contribution is 1.98. The molecule has 0 amide bonds. The number of rotatable bonds is 3. The molecule has 0 aromatic carbocycles. The van der Waals surface area contributed by atoms with E-state index in [-0.39, 0.29) is 5.57 Å². The second-order valence-corrected chi connectivity index (χ2v) is 2.71. The van der Waals surface area contributed by atoms with Crippen molar-refractivity contribution in [3.63, 3.8) is 0 Å². The van der Waals surface area contributed by atoms with Crippen LogP contribution in [0.15, 0.2) is 12.2 Å². The highest BCUT2D eigenvalue weighted by molar-refractivity contribution is 7.13. The van der Waals surface area contributed by atoms with E-state index in [1.54, 1.807) is 11.7 Å². The molecule has 52 valence electrons. The number of carboxylic acid groups (broad SMARTS) is 1. The summed E-state index contributed by atoms with van der Waals surface area (Å²) in [5.74, 6) is -0.940. The molecule has 9 heavy (non-hydrogen) atoms. The molecule has 0 saturated heterocycles. The number of nitrogens with zero attached hydrogens (tertiary/aromatic N) is 1. The molecule has 0 aliphatic heterocycles. The fourth-order valence-electron chi connectivity index (χ4n) is 0.369. The SMILES string of the molecule is C=C(CN(C)P)C(=O)O. The van der Waals surface area contributed by atoms with Crippen LogP contribution in [0, 0.1) is 0 Å². The van der Waals surface area contributed by atoms with Gasteiger partial charge >= 0.3 is 5.97 Å². The Bertz CT molecular complexity index is 133. The van der Waals surface area contributed by atoms with Crippen molar-refractivity contribution >= 4 is 15.4 Å². The first-order valence-corrected chi connectivity index (χ1v) is 2.92. The van der Waals surface area contributed by atoms with Gasteiger partial charge in [-0.15, -0.1) is 0 Å². The molecular formula is C5H10NO2P. The van der Waals surface area contributed by atoms with Gasteiger partial charge < -0.3 is 5.11 Å². The molecule has 0 rings (SSSR count). The monoisotopic (exact) mass is 147 g/mol. The summed E-state index contributed by atoms with van der Waals surface area (Å²) in [6, 6.07) is 0. The van der Waals surface area contributed by atoms with Crippen LogP contribution in [0.3, 0.4) is 0 Å². The van der Waals surface area contributed by atoms with Gasteiger partial charge in [-0.3, -0.25) is 4.67 Å². The Kier molecular flexibility index (Phi) is 3.43. The van der Waals surface area contributed by atoms with Gasteiger partial charge in [0.2, 0.25) is 0 Å². The summed E-state index contributed by atoms with van der Waals surface area (Å²) in [6.45, 7) is 3.71. The Balaban J connectivity index is 3.65. The molecule has 0 aromatic rings. The summed E-state index contributed by atoms with van der Waals surface area (Å²) in [5.41, 5.74) is 0.201. The average molecular weight is 147 g/mol. The number of carbonyl (C=O) groups is 1. The van der Waals surface area contributed by atoms with E-state index in [1.165, 1.54) is 0 Å². The van der Waals surface area contributed by atoms with Gasteiger partial charge in [-0.25, -0.2) is 4.79 Å². The van der Waals surface area contributed by atoms with Crippen LogP contribution in [-0.4, -0.2) is 29.3 Å². The normalized spacial score (nSPS) is 9.67. The summed E-state index contributed by atoms with van der Waals surface area (Å²) in [5, 5.41) is 8.30. The van der Waals surface area contributed by atoms with Gasteiger partial charge in [0.1, 0.15) is 0 Å². The zero-order valence-electron chi connectivity index (χ0n) is 5.29. The maximum atomic E-state index is 10.1. The number of aliphatic carboxylic acids is 1. The van der Waals surface area contributed by atoms with Crippen LogP contribution < -0.4 is 0 Å². The summed E-state index contributed by atoms with van der Waals surface area (Å²) in [6.07, 6.45) is 0. The Labute approximate surface area is 56.6 Å². The van der Waals surface area contributed by atoms with Crippen molar-refractivity contribution in [3.05, 3.63) is 12.2 Å². The quantitative estimate of drug-likeness (QED) is 0.462. The first kappa shape index (κ1) is 8.60. The van der Waals surface area contributed by atoms with Crippen molar-refractivity contribution in [1.29, 1.82) is 0 Å². The van der Waals surface area contributed by atoms with E-state index >= 15 is 0 Å². The maximum Gasteiger partial charge on any atom is 0.332 e. The van der Waals surface area contributed by atoms with Crippen LogP contribution in [-0.2, 0) is 4.79 Å². The minimum Gasteiger partial charge on any atom is -0.478 e. The van der Waals surface area contributed by atoms with Crippen LogP contribution in [0.2, 0.25) is 0 Å². The van der Waals surface area contributed by atoms with E-state index in [0.29, 0.717) is 6.54 Å². The number of carboxylic acids is 1. The van der Waals surface area contributed by atoms with Crippen LogP contribution in [0.4, 0.5) is 0 Å². The van der Waals surface area contributed by atoms with E-state index in [9.17, 15) is 4.79 Å². The Morgan fingerprint density at radius 1 is 1.89 bits per heavy atom. The standard InChI is InChI=1S/C5H10NO2P/c1-4(5(7)8)3-6(2)9/h1,3,9H2,2H3,(H,7,8). The average Bonchev–Trinajstić information content (AvgIpc) is 1.63. The van der Waals surface area contributed by atoms with Gasteiger partial charge in [0.25, 0.3) is 0 Å². The van der Waals surface area contributed by atoms with Gasteiger partial charge in [0, 0.05) is 12.1 Å². The van der Waals surface area contributed by atoms with Crippen LogP contribution >= 0.6 is 9.39 Å². The first-order valence-electron chi connectivity index (χ1n) is 2.41. The minimum atomic E-state index is -0.940. The Hall–Kier alpha value is -0.400. The van der Waals surface area contributed by atoms with E-state index in [2.05, 4.69) is 16.0 Å². The number of hydrogen-bond acceptors (Lipinski definition) is 2. The molecule has 3 nitrogen and oxygen atoms in total. The number of likely N-dealkylation sites (N-methyl/N-ethyl adjacent to an activating group) is 1. The molecule has 0 aliphatic carbocycles. The van der Waals surface area contributed by atoms with Gasteiger partial charge in [-0.05, 0) is 7.05 Å². The molecule has 0 radical (unpaired) electrons. The van der Waals surface area contributed by atoms with Gasteiger partial charge in [-0.1, -0.05) is 16.0 Å². The molecule has 0 aromatic heterocycles. The highest BCUT2D eigenvalue weighted by Gasteiger charge is 2.03. The molecule has 0 bridgehead atoms. The van der Waals surface area contributed by atoms with Crippen LogP contribution in [0.1, 0.15) is 0 Å². The molecule has 1 unspecified atom stereocenters. The Morgan fingerprint density at radius 2 is 2.33 bits per heavy atom. The molecule has 4 heteroatoms. The van der Waals surface area contributed by atoms with Crippen LogP contribution in [0.25, 0.3) is 0 Å². The fraction of sp³-hybridized carbons (Fsp3) is 0.400. The van der Waals surface area contributed by atoms with Crippen molar-refractivity contribution < 1.29 is 9.90 Å². The zero-order valence-corrected chi connectivity index (χ0v) is 6.45. The third-order valence-corrected chi connectivity index (χ3v) is 0.925. The van der Waals surface area contributed by atoms with E-state index in [4.69, 9.17) is 5.11 Å². The molecule has 0 spiro atoms. The first-order chi connectivity index (χ1) is 4.04. The fourth-order valence-corrected chi connectivity index (χ4v) is 0.589. The van der Waals surface area contributed by atoms with E-state index in [1.807, 2.05) is 0 Å². The van der Waals surface area contributed by atoms with Crippen molar-refractivity contribution in [1.82, 2.24) is 4.67 Å². The predicted molar refractivity (Wildman–Crippen MR) is 39.1 cm³/mol. The lowest BCUT2D eigenvalue weighted by Gasteiger charge is -2.07. The lowest BCUT2D eigenvalue weighted by atomic mass is 10.3. The molecule has 0 aliphatic rings. The Morgan fingerprint density at radius 3 is 2.44 bits per heavy atom. The smallest absolute Gasteiger partial charge is 0.332 e. The third-order valence-electron chi connectivity index (χ3n) is 0.743. The second-order valence-electron chi connectivity index (χ2n) is 1.82. The van der Waals surface area contributed by atoms with Gasteiger partial charge in [-0.2, -0.15) is 0 Å². The van der Waals surface area contributed by atoms with Crippen molar-refractivity contribution in [2.45, 2.75) is 0 Å². The lowest BCUT2D eigenvalue weighted by Crippen LogP contribution is -2.13. The minimum absolute atomic E-state index is 0.201. The topological polar surface area (TPSA) is 40.5 Å². The molecular weight excluding hydrogens is 137 g/mol. The van der Waals surface area contributed by atoms with Crippen molar-refractivity contribution in [2.75, 3.05) is 13.6 Å². The third kappa shape index (κ3) is 4.13. The molecule has 0 fully saturated rings. The molecule has 0 heterocycles. The van der Waals surface area contributed by atoms with Gasteiger partial charge in [0.05, 0.1) is 0 Å². The van der Waals surface area contributed by atoms with Gasteiger partial charge in [0.15, 0.2) is 0 Å². The summed E-state index contributed by atoms with van der Waals surface area (Å²) in [7, 11) is 4.12. The van der Waals surface area contributed by atoms with Crippen LogP contribution in [0.5, 0.6) is 0 Å². The molecule has 1 N–H and O–H groups in total. The molecule has 1 atom stereocenters. The summed E-state index contributed by atoms with van der Waals surface area (Å²) < 4.78 is 1.68. The lowest BCUT2D eigenvalue weighted by molar-refractivity contribution is -0.132. The second kappa shape index (κ2) is 3.59. The predicted octanol–water partition coefficient (Wildman–Crippen LogP) is 0.349. The van der Waals surface area contributed by atoms with E-state index < -0.39 is 5.97 Å². The summed E-state index contributed by atoms with van der Waals surface area (Å²) in [4.78, 5) is 10.1. The zero-order chi connectivity index (χ0) is 7.44. The largest absolute Gasteiger partial charge is 0.478 e. The molecule has 0 saturated carbocycles. The van der Waals surface area contributed by atoms with E-state index in [0.717, 1.165) is 0 Å². The maximum absolute atomic E-state index is 10.1. The summed E-state index contributed by atoms with van der Waals surface area (Å²) >= 11 is 0. The van der Waals surface area contributed by atoms with Crippen molar-refractivity contribution in [2.24, 2.45) is 0 Å². The number of hydrogen-bond donors (Lipinski definition) is 1. The highest BCUT2D eigenvalue weighted by atomic mass is 31.0.